The standard InChI is InChI=1S/C12H24N2O2/c1-6-11(14(7-2)8-3)13-10(5)12(15)16-9-4/h10H,6-9H2,1-5H3. The molecule has 0 spiro atoms. The van der Waals surface area contributed by atoms with Crippen LogP contribution in [-0.2, 0) is 9.53 Å². The van der Waals surface area contributed by atoms with Crippen LogP contribution in [0.15, 0.2) is 4.99 Å². The zero-order valence-electron chi connectivity index (χ0n) is 11.1. The molecule has 0 aromatic carbocycles. The summed E-state index contributed by atoms with van der Waals surface area (Å²) in [7, 11) is 0. The molecular weight excluding hydrogens is 204 g/mol. The molecule has 0 fully saturated rings. The summed E-state index contributed by atoms with van der Waals surface area (Å²) in [6.07, 6.45) is 0.839. The molecule has 4 heteroatoms. The molecule has 0 aliphatic carbocycles. The first-order valence-electron chi connectivity index (χ1n) is 6.08. The average Bonchev–Trinajstić information content (AvgIpc) is 2.29. The molecule has 0 rings (SSSR count). The molecule has 0 aromatic heterocycles. The molecule has 0 radical (unpaired) electrons. The molecule has 0 bridgehead atoms. The van der Waals surface area contributed by atoms with Crippen LogP contribution in [-0.4, -0.2) is 42.4 Å². The number of ether oxygens (including phenoxy) is 1. The number of rotatable bonds is 6. The zero-order valence-corrected chi connectivity index (χ0v) is 11.1. The fourth-order valence-electron chi connectivity index (χ4n) is 1.52. The minimum atomic E-state index is -0.407. The van der Waals surface area contributed by atoms with Gasteiger partial charge in [-0.05, 0) is 27.7 Å². The Balaban J connectivity index is 4.60. The van der Waals surface area contributed by atoms with E-state index in [0.717, 1.165) is 25.3 Å². The van der Waals surface area contributed by atoms with E-state index in [2.05, 4.69) is 30.7 Å². The largest absolute Gasteiger partial charge is 0.464 e. The van der Waals surface area contributed by atoms with Gasteiger partial charge in [-0.2, -0.15) is 0 Å². The van der Waals surface area contributed by atoms with Gasteiger partial charge in [0.05, 0.1) is 12.4 Å². The molecule has 0 saturated carbocycles. The molecule has 16 heavy (non-hydrogen) atoms. The van der Waals surface area contributed by atoms with Crippen LogP contribution >= 0.6 is 0 Å². The lowest BCUT2D eigenvalue weighted by Crippen LogP contribution is -2.32. The van der Waals surface area contributed by atoms with Crippen molar-refractivity contribution in [2.45, 2.75) is 47.1 Å². The predicted octanol–water partition coefficient (Wildman–Crippen LogP) is 2.09. The van der Waals surface area contributed by atoms with Crippen molar-refractivity contribution in [3.05, 3.63) is 0 Å². The molecule has 1 unspecified atom stereocenters. The van der Waals surface area contributed by atoms with Gasteiger partial charge >= 0.3 is 5.97 Å². The van der Waals surface area contributed by atoms with Crippen LogP contribution in [0.1, 0.15) is 41.0 Å². The van der Waals surface area contributed by atoms with Crippen molar-refractivity contribution < 1.29 is 9.53 Å². The van der Waals surface area contributed by atoms with Gasteiger partial charge in [0.1, 0.15) is 6.04 Å². The maximum atomic E-state index is 11.4. The molecule has 0 N–H and O–H groups in total. The van der Waals surface area contributed by atoms with Crippen LogP contribution in [0.25, 0.3) is 0 Å². The van der Waals surface area contributed by atoms with E-state index < -0.39 is 6.04 Å². The highest BCUT2D eigenvalue weighted by Crippen LogP contribution is 2.02. The number of carbonyl (C=O) groups excluding carboxylic acids is 1. The Kier molecular flexibility index (Phi) is 7.60. The van der Waals surface area contributed by atoms with Gasteiger partial charge in [-0.3, -0.25) is 4.99 Å². The molecule has 4 nitrogen and oxygen atoms in total. The van der Waals surface area contributed by atoms with Crippen LogP contribution in [0.3, 0.4) is 0 Å². The summed E-state index contributed by atoms with van der Waals surface area (Å²) in [5.74, 6) is 0.728. The minimum absolute atomic E-state index is 0.249. The van der Waals surface area contributed by atoms with Crippen LogP contribution in [0.5, 0.6) is 0 Å². The first kappa shape index (κ1) is 14.9. The van der Waals surface area contributed by atoms with Crippen molar-refractivity contribution in [1.82, 2.24) is 4.90 Å². The van der Waals surface area contributed by atoms with Crippen molar-refractivity contribution >= 4 is 11.8 Å². The lowest BCUT2D eigenvalue weighted by molar-refractivity contribution is -0.144. The predicted molar refractivity (Wildman–Crippen MR) is 66.7 cm³/mol. The molecule has 0 saturated heterocycles. The van der Waals surface area contributed by atoms with Gasteiger partial charge in [0.2, 0.25) is 0 Å². The Bertz CT molecular complexity index is 235. The van der Waals surface area contributed by atoms with Crippen molar-refractivity contribution in [3.8, 4) is 0 Å². The summed E-state index contributed by atoms with van der Waals surface area (Å²) in [5, 5.41) is 0. The average molecular weight is 228 g/mol. The maximum absolute atomic E-state index is 11.4. The first-order valence-corrected chi connectivity index (χ1v) is 6.08. The van der Waals surface area contributed by atoms with Crippen molar-refractivity contribution in [1.29, 1.82) is 0 Å². The molecule has 0 heterocycles. The van der Waals surface area contributed by atoms with Crippen molar-refractivity contribution in [2.24, 2.45) is 4.99 Å². The van der Waals surface area contributed by atoms with Gasteiger partial charge in [0, 0.05) is 19.5 Å². The molecule has 1 atom stereocenters. The van der Waals surface area contributed by atoms with Gasteiger partial charge < -0.3 is 9.64 Å². The van der Waals surface area contributed by atoms with Gasteiger partial charge in [-0.15, -0.1) is 0 Å². The maximum Gasteiger partial charge on any atom is 0.330 e. The smallest absolute Gasteiger partial charge is 0.330 e. The van der Waals surface area contributed by atoms with E-state index >= 15 is 0 Å². The van der Waals surface area contributed by atoms with Gasteiger partial charge in [-0.1, -0.05) is 6.92 Å². The Morgan fingerprint density at radius 2 is 1.81 bits per heavy atom. The monoisotopic (exact) mass is 228 g/mol. The van der Waals surface area contributed by atoms with Crippen LogP contribution in [0, 0.1) is 0 Å². The lowest BCUT2D eigenvalue weighted by atomic mass is 10.3. The summed E-state index contributed by atoms with van der Waals surface area (Å²) in [6, 6.07) is -0.407. The van der Waals surface area contributed by atoms with Crippen molar-refractivity contribution in [2.75, 3.05) is 19.7 Å². The fraction of sp³-hybridized carbons (Fsp3) is 0.833. The summed E-state index contributed by atoms with van der Waals surface area (Å²) in [5.41, 5.74) is 0. The Labute approximate surface area is 98.7 Å². The SMILES string of the molecule is CCOC(=O)C(C)N=C(CC)N(CC)CC. The third kappa shape index (κ3) is 4.64. The first-order chi connectivity index (χ1) is 7.60. The molecule has 0 amide bonds. The quantitative estimate of drug-likeness (QED) is 0.397. The molecule has 94 valence electrons. The van der Waals surface area contributed by atoms with E-state index in [-0.39, 0.29) is 5.97 Å². The molecule has 0 aliphatic heterocycles. The number of amidine groups is 1. The van der Waals surface area contributed by atoms with Gasteiger partial charge in [0.15, 0.2) is 0 Å². The number of aliphatic imine (C=N–C) groups is 1. The molecule has 0 aromatic rings. The Morgan fingerprint density at radius 3 is 2.19 bits per heavy atom. The van der Waals surface area contributed by atoms with Crippen LogP contribution < -0.4 is 0 Å². The Morgan fingerprint density at radius 1 is 1.25 bits per heavy atom. The normalized spacial score (nSPS) is 13.4. The molecule has 0 aliphatic rings. The van der Waals surface area contributed by atoms with E-state index in [1.807, 2.05) is 0 Å². The number of hydrogen-bond acceptors (Lipinski definition) is 3. The second-order valence-electron chi connectivity index (χ2n) is 3.50. The van der Waals surface area contributed by atoms with Crippen molar-refractivity contribution in [3.63, 3.8) is 0 Å². The van der Waals surface area contributed by atoms with E-state index in [1.165, 1.54) is 0 Å². The highest BCUT2D eigenvalue weighted by molar-refractivity contribution is 5.85. The zero-order chi connectivity index (χ0) is 12.6. The fourth-order valence-corrected chi connectivity index (χ4v) is 1.52. The van der Waals surface area contributed by atoms with Crippen LogP contribution in [0.2, 0.25) is 0 Å². The topological polar surface area (TPSA) is 41.9 Å². The third-order valence-corrected chi connectivity index (χ3v) is 2.42. The minimum Gasteiger partial charge on any atom is -0.464 e. The van der Waals surface area contributed by atoms with E-state index in [0.29, 0.717) is 6.61 Å². The van der Waals surface area contributed by atoms with Gasteiger partial charge in [-0.25, -0.2) is 4.79 Å². The summed E-state index contributed by atoms with van der Waals surface area (Å²) >= 11 is 0. The number of hydrogen-bond donors (Lipinski definition) is 0. The number of esters is 1. The summed E-state index contributed by atoms with van der Waals surface area (Å²) < 4.78 is 4.93. The van der Waals surface area contributed by atoms with E-state index in [4.69, 9.17) is 4.74 Å². The lowest BCUT2D eigenvalue weighted by Gasteiger charge is -2.23. The second-order valence-corrected chi connectivity index (χ2v) is 3.50. The van der Waals surface area contributed by atoms with Crippen LogP contribution in [0.4, 0.5) is 0 Å². The summed E-state index contributed by atoms with van der Waals surface area (Å²) in [4.78, 5) is 18.0. The second kappa shape index (κ2) is 8.13. The summed E-state index contributed by atoms with van der Waals surface area (Å²) in [6.45, 7) is 12.0. The molecular formula is C12H24N2O2. The third-order valence-electron chi connectivity index (χ3n) is 2.42. The highest BCUT2D eigenvalue weighted by atomic mass is 16.5. The van der Waals surface area contributed by atoms with E-state index in [1.54, 1.807) is 13.8 Å². The highest BCUT2D eigenvalue weighted by Gasteiger charge is 2.14. The number of carbonyl (C=O) groups is 1. The Hall–Kier alpha value is -1.06. The number of nitrogens with zero attached hydrogens (tertiary/aromatic N) is 2. The van der Waals surface area contributed by atoms with Gasteiger partial charge in [0.25, 0.3) is 0 Å². The van der Waals surface area contributed by atoms with E-state index in [9.17, 15) is 4.79 Å².